The number of aromatic nitrogens is 2. The molecular weight excluding hydrogens is 478 g/mol. The summed E-state index contributed by atoms with van der Waals surface area (Å²) < 4.78 is 7.58. The molecule has 0 saturated carbocycles. The summed E-state index contributed by atoms with van der Waals surface area (Å²) in [5.41, 5.74) is 4.63. The number of benzene rings is 2. The van der Waals surface area contributed by atoms with E-state index in [0.29, 0.717) is 20.6 Å². The van der Waals surface area contributed by atoms with E-state index in [0.717, 1.165) is 32.6 Å². The van der Waals surface area contributed by atoms with Gasteiger partial charge >= 0.3 is 5.97 Å². The van der Waals surface area contributed by atoms with E-state index in [4.69, 9.17) is 4.74 Å². The van der Waals surface area contributed by atoms with Crippen molar-refractivity contribution in [3.8, 4) is 0 Å². The molecule has 6 nitrogen and oxygen atoms in total. The average Bonchev–Trinajstić information content (AvgIpc) is 3.34. The maximum Gasteiger partial charge on any atom is 0.338 e. The molecule has 0 aliphatic carbocycles. The van der Waals surface area contributed by atoms with Gasteiger partial charge in [-0.05, 0) is 56.9 Å². The minimum atomic E-state index is -0.604. The van der Waals surface area contributed by atoms with Crippen LogP contribution in [0.3, 0.4) is 0 Å². The molecule has 0 spiro atoms. The van der Waals surface area contributed by atoms with Crippen LogP contribution in [0.4, 0.5) is 0 Å². The summed E-state index contributed by atoms with van der Waals surface area (Å²) >= 11 is 2.98. The standard InChI is InChI=1S/C27H25N3O3S2/c1-5-33-26(32)23-16(3)29-27-30(24(23)17-10-12-18(34-4)13-11-17)25(31)22(35-27)14-20-15(2)28-21-9-7-6-8-19(20)21/h6-14,24,28H,5H2,1-4H3/b22-14-/t24-/m1/s1. The molecule has 178 valence electrons. The fourth-order valence-corrected chi connectivity index (χ4v) is 5.95. The minimum Gasteiger partial charge on any atom is -0.463 e. The number of allylic oxidation sites excluding steroid dienone is 1. The first kappa shape index (κ1) is 23.4. The number of aryl methyl sites for hydroxylation is 1. The highest BCUT2D eigenvalue weighted by Gasteiger charge is 2.33. The van der Waals surface area contributed by atoms with Crippen LogP contribution in [0, 0.1) is 6.92 Å². The summed E-state index contributed by atoms with van der Waals surface area (Å²) in [7, 11) is 0. The molecule has 0 fully saturated rings. The predicted molar refractivity (Wildman–Crippen MR) is 142 cm³/mol. The van der Waals surface area contributed by atoms with Crippen molar-refractivity contribution in [2.45, 2.75) is 31.7 Å². The highest BCUT2D eigenvalue weighted by molar-refractivity contribution is 7.98. The third-order valence-corrected chi connectivity index (χ3v) is 7.89. The van der Waals surface area contributed by atoms with Crippen LogP contribution >= 0.6 is 23.1 Å². The van der Waals surface area contributed by atoms with Crippen LogP contribution in [0.15, 0.2) is 74.5 Å². The third kappa shape index (κ3) is 4.06. The van der Waals surface area contributed by atoms with E-state index in [1.165, 1.54) is 11.3 Å². The smallest absolute Gasteiger partial charge is 0.338 e. The summed E-state index contributed by atoms with van der Waals surface area (Å²) in [4.78, 5) is 36.6. The van der Waals surface area contributed by atoms with Gasteiger partial charge in [-0.2, -0.15) is 0 Å². The zero-order chi connectivity index (χ0) is 24.7. The molecule has 1 aliphatic rings. The van der Waals surface area contributed by atoms with E-state index < -0.39 is 12.0 Å². The van der Waals surface area contributed by atoms with Gasteiger partial charge in [-0.25, -0.2) is 9.79 Å². The minimum absolute atomic E-state index is 0.174. The van der Waals surface area contributed by atoms with Crippen LogP contribution < -0.4 is 14.9 Å². The van der Waals surface area contributed by atoms with E-state index in [9.17, 15) is 9.59 Å². The Balaban J connectivity index is 1.75. The monoisotopic (exact) mass is 503 g/mol. The number of thioether (sulfide) groups is 1. The molecule has 35 heavy (non-hydrogen) atoms. The molecule has 1 N–H and O–H groups in total. The molecule has 2 aromatic heterocycles. The number of para-hydroxylation sites is 1. The second-order valence-electron chi connectivity index (χ2n) is 8.28. The van der Waals surface area contributed by atoms with Crippen molar-refractivity contribution < 1.29 is 9.53 Å². The predicted octanol–water partition coefficient (Wildman–Crippen LogP) is 4.31. The van der Waals surface area contributed by atoms with Crippen LogP contribution in [0.25, 0.3) is 17.0 Å². The summed E-state index contributed by atoms with van der Waals surface area (Å²) in [6.45, 7) is 5.82. The first-order chi connectivity index (χ1) is 16.9. The number of esters is 1. The van der Waals surface area contributed by atoms with Crippen molar-refractivity contribution in [3.05, 3.63) is 96.3 Å². The van der Waals surface area contributed by atoms with Gasteiger partial charge in [0.2, 0.25) is 0 Å². The molecular formula is C27H25N3O3S2. The lowest BCUT2D eigenvalue weighted by atomic mass is 9.96. The number of carbonyl (C=O) groups excluding carboxylic acids is 1. The fraction of sp³-hybridized carbons (Fsp3) is 0.222. The number of aromatic amines is 1. The van der Waals surface area contributed by atoms with E-state index >= 15 is 0 Å². The van der Waals surface area contributed by atoms with Crippen LogP contribution in [0.1, 0.15) is 36.7 Å². The van der Waals surface area contributed by atoms with Crippen molar-refractivity contribution >= 4 is 46.0 Å². The largest absolute Gasteiger partial charge is 0.463 e. The zero-order valence-corrected chi connectivity index (χ0v) is 21.5. The number of hydrogen-bond donors (Lipinski definition) is 1. The quantitative estimate of drug-likeness (QED) is 0.325. The topological polar surface area (TPSA) is 76.4 Å². The lowest BCUT2D eigenvalue weighted by molar-refractivity contribution is -0.139. The van der Waals surface area contributed by atoms with Crippen LogP contribution in [0.2, 0.25) is 0 Å². The average molecular weight is 504 g/mol. The summed E-state index contributed by atoms with van der Waals surface area (Å²) in [5.74, 6) is -0.450. The summed E-state index contributed by atoms with van der Waals surface area (Å²) in [5, 5.41) is 1.06. The second-order valence-corrected chi connectivity index (χ2v) is 10.2. The van der Waals surface area contributed by atoms with Gasteiger partial charge < -0.3 is 9.72 Å². The Labute approximate surface area is 210 Å². The fourth-order valence-electron chi connectivity index (χ4n) is 4.51. The molecule has 1 atom stereocenters. The number of thiazole rings is 1. The summed E-state index contributed by atoms with van der Waals surface area (Å²) in [6, 6.07) is 15.4. The Kier molecular flexibility index (Phi) is 6.25. The Morgan fingerprint density at radius 2 is 1.94 bits per heavy atom. The first-order valence-corrected chi connectivity index (χ1v) is 13.4. The van der Waals surface area contributed by atoms with Crippen molar-refractivity contribution in [2.75, 3.05) is 12.9 Å². The van der Waals surface area contributed by atoms with Gasteiger partial charge in [0.25, 0.3) is 5.56 Å². The van der Waals surface area contributed by atoms with Gasteiger partial charge in [-0.1, -0.05) is 41.7 Å². The maximum absolute atomic E-state index is 13.8. The van der Waals surface area contributed by atoms with E-state index in [2.05, 4.69) is 9.98 Å². The highest BCUT2D eigenvalue weighted by atomic mass is 32.2. The lowest BCUT2D eigenvalue weighted by Crippen LogP contribution is -2.39. The molecule has 4 aromatic rings. The number of fused-ring (bicyclic) bond motifs is 2. The van der Waals surface area contributed by atoms with Crippen molar-refractivity contribution in [3.63, 3.8) is 0 Å². The maximum atomic E-state index is 13.8. The normalized spacial score (nSPS) is 15.9. The Morgan fingerprint density at radius 1 is 1.20 bits per heavy atom. The lowest BCUT2D eigenvalue weighted by Gasteiger charge is -2.24. The Hall–Kier alpha value is -3.36. The van der Waals surface area contributed by atoms with Gasteiger partial charge in [-0.3, -0.25) is 9.36 Å². The molecule has 0 saturated heterocycles. The van der Waals surface area contributed by atoms with E-state index in [-0.39, 0.29) is 12.2 Å². The zero-order valence-electron chi connectivity index (χ0n) is 19.9. The van der Waals surface area contributed by atoms with Gasteiger partial charge in [-0.15, -0.1) is 11.8 Å². The molecule has 1 aliphatic heterocycles. The number of carbonyl (C=O) groups is 1. The van der Waals surface area contributed by atoms with Gasteiger partial charge in [0.05, 0.1) is 28.5 Å². The molecule has 0 radical (unpaired) electrons. The molecule has 0 unspecified atom stereocenters. The molecule has 0 amide bonds. The number of nitrogens with zero attached hydrogens (tertiary/aromatic N) is 2. The molecule has 0 bridgehead atoms. The number of rotatable bonds is 5. The number of ether oxygens (including phenoxy) is 1. The SMILES string of the molecule is CCOC(=O)C1=C(C)N=c2s/c(=C\c3c(C)[nH]c4ccccc34)c(=O)n2[C@@H]1c1ccc(SC)cc1. The van der Waals surface area contributed by atoms with Crippen molar-refractivity contribution in [1.82, 2.24) is 9.55 Å². The Morgan fingerprint density at radius 3 is 2.66 bits per heavy atom. The van der Waals surface area contributed by atoms with Crippen LogP contribution in [-0.4, -0.2) is 28.4 Å². The van der Waals surface area contributed by atoms with Crippen LogP contribution in [-0.2, 0) is 9.53 Å². The molecule has 5 rings (SSSR count). The number of H-pyrrole nitrogens is 1. The van der Waals surface area contributed by atoms with Gasteiger partial charge in [0.1, 0.15) is 0 Å². The third-order valence-electron chi connectivity index (χ3n) is 6.17. The Bertz CT molecular complexity index is 1660. The van der Waals surface area contributed by atoms with E-state index in [1.54, 1.807) is 30.2 Å². The van der Waals surface area contributed by atoms with Crippen molar-refractivity contribution in [1.29, 1.82) is 0 Å². The first-order valence-electron chi connectivity index (χ1n) is 11.3. The highest BCUT2D eigenvalue weighted by Crippen LogP contribution is 2.31. The van der Waals surface area contributed by atoms with Crippen LogP contribution in [0.5, 0.6) is 0 Å². The number of nitrogens with one attached hydrogen (secondary N) is 1. The summed E-state index contributed by atoms with van der Waals surface area (Å²) in [6.07, 6.45) is 3.94. The number of hydrogen-bond acceptors (Lipinski definition) is 6. The van der Waals surface area contributed by atoms with Gasteiger partial charge in [0, 0.05) is 27.1 Å². The van der Waals surface area contributed by atoms with Crippen molar-refractivity contribution in [2.24, 2.45) is 4.99 Å². The van der Waals surface area contributed by atoms with Gasteiger partial charge in [0.15, 0.2) is 4.80 Å². The molecule has 3 heterocycles. The second kappa shape index (κ2) is 9.36. The molecule has 2 aromatic carbocycles. The molecule has 8 heteroatoms. The van der Waals surface area contributed by atoms with E-state index in [1.807, 2.05) is 67.8 Å².